The van der Waals surface area contributed by atoms with Gasteiger partial charge < -0.3 is 4.74 Å². The number of nitrogens with two attached hydrogens (primary N) is 1. The van der Waals surface area contributed by atoms with Gasteiger partial charge in [-0.1, -0.05) is 12.1 Å². The number of rotatable bonds is 4. The molecular formula is C14H16FN3O. The summed E-state index contributed by atoms with van der Waals surface area (Å²) >= 11 is 0. The molecule has 19 heavy (non-hydrogen) atoms. The summed E-state index contributed by atoms with van der Waals surface area (Å²) in [5.41, 5.74) is 5.15. The highest BCUT2D eigenvalue weighted by molar-refractivity contribution is 5.40. The van der Waals surface area contributed by atoms with Crippen molar-refractivity contribution in [2.24, 2.45) is 5.84 Å². The topological polar surface area (TPSA) is 60.2 Å². The van der Waals surface area contributed by atoms with Gasteiger partial charge >= 0.3 is 0 Å². The average Bonchev–Trinajstić information content (AvgIpc) is 2.44. The fourth-order valence-electron chi connectivity index (χ4n) is 2.06. The number of halogens is 1. The summed E-state index contributed by atoms with van der Waals surface area (Å²) in [5.74, 6) is 5.79. The quantitative estimate of drug-likeness (QED) is 0.653. The van der Waals surface area contributed by atoms with Crippen molar-refractivity contribution >= 4 is 0 Å². The summed E-state index contributed by atoms with van der Waals surface area (Å²) in [6, 6.07) is 7.87. The van der Waals surface area contributed by atoms with Gasteiger partial charge in [0.05, 0.1) is 13.2 Å². The standard InChI is InChI=1S/C14H16FN3O/c1-9-5-6-10(15)8-12(9)13(18-16)11-4-3-7-17-14(11)19-2/h3-8,13,18H,16H2,1-2H3. The van der Waals surface area contributed by atoms with Gasteiger partial charge in [0.1, 0.15) is 5.82 Å². The molecule has 0 radical (unpaired) electrons. The van der Waals surface area contributed by atoms with Crippen LogP contribution in [0.3, 0.4) is 0 Å². The number of benzene rings is 1. The molecule has 0 aliphatic carbocycles. The summed E-state index contributed by atoms with van der Waals surface area (Å²) in [7, 11) is 1.54. The van der Waals surface area contributed by atoms with Crippen molar-refractivity contribution < 1.29 is 9.13 Å². The Morgan fingerprint density at radius 3 is 2.79 bits per heavy atom. The van der Waals surface area contributed by atoms with E-state index in [1.165, 1.54) is 19.2 Å². The lowest BCUT2D eigenvalue weighted by atomic mass is 9.96. The van der Waals surface area contributed by atoms with Crippen LogP contribution < -0.4 is 16.0 Å². The van der Waals surface area contributed by atoms with Crippen molar-refractivity contribution in [2.45, 2.75) is 13.0 Å². The molecule has 0 fully saturated rings. The lowest BCUT2D eigenvalue weighted by Gasteiger charge is -2.20. The SMILES string of the molecule is COc1ncccc1C(NN)c1cc(F)ccc1C. The first-order valence-corrected chi connectivity index (χ1v) is 5.88. The molecule has 2 aromatic rings. The molecule has 0 saturated carbocycles. The maximum Gasteiger partial charge on any atom is 0.218 e. The number of nitrogens with zero attached hydrogens (tertiary/aromatic N) is 1. The van der Waals surface area contributed by atoms with Crippen LogP contribution in [0.2, 0.25) is 0 Å². The number of hydrogen-bond acceptors (Lipinski definition) is 4. The first-order valence-electron chi connectivity index (χ1n) is 5.88. The molecule has 1 unspecified atom stereocenters. The van der Waals surface area contributed by atoms with E-state index in [1.807, 2.05) is 13.0 Å². The third kappa shape index (κ3) is 2.72. The largest absolute Gasteiger partial charge is 0.481 e. The van der Waals surface area contributed by atoms with E-state index in [0.717, 1.165) is 16.7 Å². The van der Waals surface area contributed by atoms with Crippen molar-refractivity contribution in [2.75, 3.05) is 7.11 Å². The zero-order chi connectivity index (χ0) is 13.8. The number of aromatic nitrogens is 1. The van der Waals surface area contributed by atoms with E-state index in [4.69, 9.17) is 10.6 Å². The Morgan fingerprint density at radius 1 is 1.32 bits per heavy atom. The number of aryl methyl sites for hydroxylation is 1. The van der Waals surface area contributed by atoms with Crippen LogP contribution in [-0.4, -0.2) is 12.1 Å². The second kappa shape index (κ2) is 5.77. The van der Waals surface area contributed by atoms with Gasteiger partial charge in [-0.25, -0.2) is 14.8 Å². The zero-order valence-electron chi connectivity index (χ0n) is 10.9. The molecule has 1 atom stereocenters. The van der Waals surface area contributed by atoms with E-state index >= 15 is 0 Å². The molecule has 1 aromatic carbocycles. The van der Waals surface area contributed by atoms with E-state index in [2.05, 4.69) is 10.4 Å². The first-order chi connectivity index (χ1) is 9.17. The summed E-state index contributed by atoms with van der Waals surface area (Å²) in [6.07, 6.45) is 1.63. The second-order valence-electron chi connectivity index (χ2n) is 4.20. The molecule has 0 amide bonds. The molecule has 100 valence electrons. The van der Waals surface area contributed by atoms with E-state index in [-0.39, 0.29) is 11.9 Å². The third-order valence-corrected chi connectivity index (χ3v) is 3.02. The minimum absolute atomic E-state index is 0.302. The van der Waals surface area contributed by atoms with Crippen molar-refractivity contribution in [3.8, 4) is 5.88 Å². The van der Waals surface area contributed by atoms with Crippen LogP contribution in [0.4, 0.5) is 4.39 Å². The predicted molar refractivity (Wildman–Crippen MR) is 71.1 cm³/mol. The fraction of sp³-hybridized carbons (Fsp3) is 0.214. The first kappa shape index (κ1) is 13.5. The van der Waals surface area contributed by atoms with Crippen LogP contribution in [0.25, 0.3) is 0 Å². The van der Waals surface area contributed by atoms with Crippen molar-refractivity contribution in [1.29, 1.82) is 0 Å². The van der Waals surface area contributed by atoms with Gasteiger partial charge in [-0.3, -0.25) is 5.84 Å². The van der Waals surface area contributed by atoms with Gasteiger partial charge in [0, 0.05) is 11.8 Å². The number of ether oxygens (including phenoxy) is 1. The van der Waals surface area contributed by atoms with E-state index in [1.54, 1.807) is 18.3 Å². The van der Waals surface area contributed by atoms with Crippen LogP contribution in [0, 0.1) is 12.7 Å². The molecule has 4 nitrogen and oxygen atoms in total. The Morgan fingerprint density at radius 2 is 2.11 bits per heavy atom. The number of pyridine rings is 1. The highest BCUT2D eigenvalue weighted by atomic mass is 19.1. The van der Waals surface area contributed by atoms with E-state index < -0.39 is 0 Å². The Balaban J connectivity index is 2.53. The van der Waals surface area contributed by atoms with Crippen LogP contribution in [-0.2, 0) is 0 Å². The van der Waals surface area contributed by atoms with Crippen LogP contribution >= 0.6 is 0 Å². The van der Waals surface area contributed by atoms with Crippen LogP contribution in [0.1, 0.15) is 22.7 Å². The van der Waals surface area contributed by atoms with Gasteiger partial charge in [-0.05, 0) is 36.2 Å². The molecule has 0 aliphatic heterocycles. The van der Waals surface area contributed by atoms with Gasteiger partial charge in [0.2, 0.25) is 5.88 Å². The molecule has 0 aliphatic rings. The summed E-state index contributed by atoms with van der Waals surface area (Å²) in [5, 5.41) is 0. The zero-order valence-corrected chi connectivity index (χ0v) is 10.9. The Labute approximate surface area is 111 Å². The Hall–Kier alpha value is -1.98. The Kier molecular flexibility index (Phi) is 4.09. The predicted octanol–water partition coefficient (Wildman–Crippen LogP) is 2.09. The van der Waals surface area contributed by atoms with Crippen LogP contribution in [0.5, 0.6) is 5.88 Å². The molecule has 0 spiro atoms. The molecule has 5 heteroatoms. The van der Waals surface area contributed by atoms with Gasteiger partial charge in [-0.15, -0.1) is 0 Å². The lowest BCUT2D eigenvalue weighted by molar-refractivity contribution is 0.387. The molecule has 2 rings (SSSR count). The highest BCUT2D eigenvalue weighted by Crippen LogP contribution is 2.29. The summed E-state index contributed by atoms with van der Waals surface area (Å²) in [6.45, 7) is 1.90. The highest BCUT2D eigenvalue weighted by Gasteiger charge is 2.19. The minimum atomic E-state index is -0.376. The number of hydrogen-bond donors (Lipinski definition) is 2. The fourth-order valence-corrected chi connectivity index (χ4v) is 2.06. The van der Waals surface area contributed by atoms with Gasteiger partial charge in [0.25, 0.3) is 0 Å². The third-order valence-electron chi connectivity index (χ3n) is 3.02. The molecule has 0 saturated heterocycles. The monoisotopic (exact) mass is 261 g/mol. The molecule has 1 heterocycles. The maximum absolute atomic E-state index is 13.4. The molecule has 1 aromatic heterocycles. The lowest BCUT2D eigenvalue weighted by Crippen LogP contribution is -2.30. The summed E-state index contributed by atoms with van der Waals surface area (Å²) < 4.78 is 18.6. The summed E-state index contributed by atoms with van der Waals surface area (Å²) in [4.78, 5) is 4.13. The van der Waals surface area contributed by atoms with Gasteiger partial charge in [-0.2, -0.15) is 0 Å². The normalized spacial score (nSPS) is 12.2. The van der Waals surface area contributed by atoms with Gasteiger partial charge in [0.15, 0.2) is 0 Å². The smallest absolute Gasteiger partial charge is 0.218 e. The Bertz CT molecular complexity index is 574. The van der Waals surface area contributed by atoms with E-state index in [0.29, 0.717) is 5.88 Å². The molecule has 3 N–H and O–H groups in total. The minimum Gasteiger partial charge on any atom is -0.481 e. The second-order valence-corrected chi connectivity index (χ2v) is 4.20. The molecule has 0 bridgehead atoms. The number of methoxy groups -OCH3 is 1. The van der Waals surface area contributed by atoms with Crippen molar-refractivity contribution in [3.63, 3.8) is 0 Å². The average molecular weight is 261 g/mol. The number of nitrogens with one attached hydrogen (secondary N) is 1. The van der Waals surface area contributed by atoms with Crippen molar-refractivity contribution in [1.82, 2.24) is 10.4 Å². The maximum atomic E-state index is 13.4. The van der Waals surface area contributed by atoms with Crippen molar-refractivity contribution in [3.05, 3.63) is 59.0 Å². The molecular weight excluding hydrogens is 245 g/mol. The van der Waals surface area contributed by atoms with E-state index in [9.17, 15) is 4.39 Å². The van der Waals surface area contributed by atoms with Crippen LogP contribution in [0.15, 0.2) is 36.5 Å². The number of hydrazine groups is 1.